The number of carbonyl (C=O) groups is 4. The zero-order valence-corrected chi connectivity index (χ0v) is 13.4. The van der Waals surface area contributed by atoms with Crippen LogP contribution in [0.1, 0.15) is 5.56 Å². The van der Waals surface area contributed by atoms with Crippen LogP contribution in [0.15, 0.2) is 24.3 Å². The van der Waals surface area contributed by atoms with Crippen molar-refractivity contribution in [1.82, 2.24) is 9.80 Å². The van der Waals surface area contributed by atoms with E-state index in [1.54, 1.807) is 12.1 Å². The third kappa shape index (κ3) is 2.01. The Kier molecular flexibility index (Phi) is 3.74. The number of hydrogen-bond donors (Lipinski definition) is 1. The Morgan fingerprint density at radius 1 is 1.05 bits per heavy atom. The number of rotatable bonds is 2. The predicted molar refractivity (Wildman–Crippen MR) is 81.0 cm³/mol. The quantitative estimate of drug-likeness (QED) is 0.560. The second kappa shape index (κ2) is 5.10. The van der Waals surface area contributed by atoms with Gasteiger partial charge in [-0.2, -0.15) is 0 Å². The molecule has 8 heteroatoms. The number of imide groups is 2. The third-order valence-corrected chi connectivity index (χ3v) is 4.19. The standard InChI is InChI=1S/C13H12IN3O4/c1-16-10(19)13(9(15)18,11(20)17(2)12(16)21)7-3-5-8(14)6-4-7/h3-6H,1-2H3,(H2,15,18). The van der Waals surface area contributed by atoms with Gasteiger partial charge in [-0.1, -0.05) is 12.1 Å². The van der Waals surface area contributed by atoms with E-state index in [4.69, 9.17) is 5.73 Å². The Balaban J connectivity index is 2.74. The fraction of sp³-hybridized carbons (Fsp3) is 0.231. The van der Waals surface area contributed by atoms with Crippen molar-refractivity contribution < 1.29 is 19.2 Å². The lowest BCUT2D eigenvalue weighted by Crippen LogP contribution is -2.69. The van der Waals surface area contributed by atoms with Gasteiger partial charge in [0.25, 0.3) is 11.8 Å². The molecule has 110 valence electrons. The molecule has 0 spiro atoms. The number of likely N-dealkylation sites (N-methyl/N-ethyl adjacent to an activating group) is 2. The summed E-state index contributed by atoms with van der Waals surface area (Å²) in [5.74, 6) is -2.99. The predicted octanol–water partition coefficient (Wildman–Crippen LogP) is 0.0647. The Bertz CT molecular complexity index is 632. The Morgan fingerprint density at radius 2 is 1.48 bits per heavy atom. The summed E-state index contributed by atoms with van der Waals surface area (Å²) in [7, 11) is 2.41. The molecular formula is C13H12IN3O4. The lowest BCUT2D eigenvalue weighted by atomic mass is 9.76. The molecule has 1 aliphatic rings. The molecule has 0 bridgehead atoms. The normalized spacial score (nSPS) is 18.1. The highest BCUT2D eigenvalue weighted by Crippen LogP contribution is 2.33. The molecule has 1 aromatic carbocycles. The van der Waals surface area contributed by atoms with Crippen LogP contribution < -0.4 is 5.73 Å². The maximum absolute atomic E-state index is 12.5. The minimum absolute atomic E-state index is 0.150. The van der Waals surface area contributed by atoms with Crippen LogP contribution in [0.2, 0.25) is 0 Å². The molecule has 1 saturated heterocycles. The molecule has 7 nitrogen and oxygen atoms in total. The summed E-state index contributed by atoms with van der Waals surface area (Å²) in [6, 6.07) is 5.47. The fourth-order valence-electron chi connectivity index (χ4n) is 2.29. The molecule has 1 heterocycles. The second-order valence-corrected chi connectivity index (χ2v) is 5.88. The first-order valence-corrected chi connectivity index (χ1v) is 6.98. The molecule has 0 unspecified atom stereocenters. The molecule has 1 aromatic rings. The average Bonchev–Trinajstić information content (AvgIpc) is 2.45. The molecule has 0 atom stereocenters. The van der Waals surface area contributed by atoms with Gasteiger partial charge < -0.3 is 5.73 Å². The van der Waals surface area contributed by atoms with Crippen molar-refractivity contribution in [3.05, 3.63) is 33.4 Å². The van der Waals surface area contributed by atoms with Gasteiger partial charge in [-0.25, -0.2) is 4.79 Å². The zero-order valence-electron chi connectivity index (χ0n) is 11.3. The van der Waals surface area contributed by atoms with Crippen molar-refractivity contribution in [2.45, 2.75) is 5.41 Å². The van der Waals surface area contributed by atoms with E-state index >= 15 is 0 Å². The van der Waals surface area contributed by atoms with Crippen molar-refractivity contribution >= 4 is 46.3 Å². The van der Waals surface area contributed by atoms with Gasteiger partial charge in [-0.05, 0) is 40.3 Å². The van der Waals surface area contributed by atoms with Crippen LogP contribution in [0, 0.1) is 3.57 Å². The van der Waals surface area contributed by atoms with E-state index in [-0.39, 0.29) is 5.56 Å². The summed E-state index contributed by atoms with van der Waals surface area (Å²) < 4.78 is 0.865. The third-order valence-electron chi connectivity index (χ3n) is 3.47. The highest BCUT2D eigenvalue weighted by molar-refractivity contribution is 14.1. The lowest BCUT2D eigenvalue weighted by Gasteiger charge is -2.39. The first-order valence-electron chi connectivity index (χ1n) is 5.90. The summed E-state index contributed by atoms with van der Waals surface area (Å²) >= 11 is 2.05. The summed E-state index contributed by atoms with van der Waals surface area (Å²) in [6.45, 7) is 0. The SMILES string of the molecule is CN1C(=O)N(C)C(=O)C(C(N)=O)(c2ccc(I)cc2)C1=O. The van der Waals surface area contributed by atoms with Crippen LogP contribution in [-0.2, 0) is 19.8 Å². The number of urea groups is 1. The summed E-state index contributed by atoms with van der Waals surface area (Å²) in [5, 5.41) is 0. The lowest BCUT2D eigenvalue weighted by molar-refractivity contribution is -0.154. The topological polar surface area (TPSA) is 101 Å². The van der Waals surface area contributed by atoms with Crippen molar-refractivity contribution in [2.75, 3.05) is 14.1 Å². The highest BCUT2D eigenvalue weighted by atomic mass is 127. The number of halogens is 1. The minimum atomic E-state index is -2.21. The van der Waals surface area contributed by atoms with Crippen molar-refractivity contribution in [3.8, 4) is 0 Å². The number of benzene rings is 1. The monoisotopic (exact) mass is 401 g/mol. The maximum atomic E-state index is 12.5. The van der Waals surface area contributed by atoms with E-state index in [0.717, 1.165) is 13.4 Å². The first kappa shape index (κ1) is 15.4. The Labute approximate surface area is 134 Å². The molecule has 1 aliphatic heterocycles. The Hall–Kier alpha value is -1.97. The molecule has 2 rings (SSSR count). The van der Waals surface area contributed by atoms with Crippen LogP contribution in [0.5, 0.6) is 0 Å². The largest absolute Gasteiger partial charge is 0.368 e. The van der Waals surface area contributed by atoms with E-state index < -0.39 is 29.2 Å². The van der Waals surface area contributed by atoms with E-state index in [9.17, 15) is 19.2 Å². The smallest absolute Gasteiger partial charge is 0.332 e. The first-order chi connectivity index (χ1) is 9.74. The van der Waals surface area contributed by atoms with Gasteiger partial charge in [-0.3, -0.25) is 24.2 Å². The molecule has 0 aliphatic carbocycles. The summed E-state index contributed by atoms with van der Waals surface area (Å²) in [5.41, 5.74) is 3.32. The van der Waals surface area contributed by atoms with Crippen LogP contribution in [-0.4, -0.2) is 47.6 Å². The molecule has 2 N–H and O–H groups in total. The second-order valence-electron chi connectivity index (χ2n) is 4.63. The number of nitrogens with zero attached hydrogens (tertiary/aromatic N) is 2. The number of primary amides is 1. The Morgan fingerprint density at radius 3 is 1.86 bits per heavy atom. The van der Waals surface area contributed by atoms with Crippen molar-refractivity contribution in [1.29, 1.82) is 0 Å². The van der Waals surface area contributed by atoms with Gasteiger partial charge in [0.15, 0.2) is 0 Å². The molecule has 1 fully saturated rings. The number of barbiturate groups is 1. The van der Waals surface area contributed by atoms with Crippen molar-refractivity contribution in [2.24, 2.45) is 5.73 Å². The zero-order chi connectivity index (χ0) is 15.9. The summed E-state index contributed by atoms with van der Waals surface area (Å²) in [6.07, 6.45) is 0. The summed E-state index contributed by atoms with van der Waals surface area (Å²) in [4.78, 5) is 50.2. The van der Waals surface area contributed by atoms with E-state index in [1.807, 2.05) is 0 Å². The average molecular weight is 401 g/mol. The van der Waals surface area contributed by atoms with Crippen LogP contribution in [0.3, 0.4) is 0 Å². The van der Waals surface area contributed by atoms with E-state index in [2.05, 4.69) is 22.6 Å². The molecule has 0 radical (unpaired) electrons. The van der Waals surface area contributed by atoms with Gasteiger partial charge in [0.05, 0.1) is 0 Å². The van der Waals surface area contributed by atoms with Gasteiger partial charge >= 0.3 is 6.03 Å². The molecule has 0 aromatic heterocycles. The van der Waals surface area contributed by atoms with Crippen LogP contribution in [0.4, 0.5) is 4.79 Å². The van der Waals surface area contributed by atoms with E-state index in [0.29, 0.717) is 0 Å². The number of amides is 5. The van der Waals surface area contributed by atoms with E-state index in [1.165, 1.54) is 26.2 Å². The number of carbonyl (C=O) groups excluding carboxylic acids is 4. The van der Waals surface area contributed by atoms with Gasteiger partial charge in [0.2, 0.25) is 11.3 Å². The van der Waals surface area contributed by atoms with Gasteiger partial charge in [0.1, 0.15) is 0 Å². The van der Waals surface area contributed by atoms with Crippen LogP contribution in [0.25, 0.3) is 0 Å². The van der Waals surface area contributed by atoms with Gasteiger partial charge in [0, 0.05) is 17.7 Å². The molecular weight excluding hydrogens is 389 g/mol. The molecule has 0 saturated carbocycles. The number of hydrogen-bond acceptors (Lipinski definition) is 4. The molecule has 5 amide bonds. The van der Waals surface area contributed by atoms with Crippen LogP contribution >= 0.6 is 22.6 Å². The highest BCUT2D eigenvalue weighted by Gasteiger charge is 2.61. The fourth-order valence-corrected chi connectivity index (χ4v) is 2.65. The van der Waals surface area contributed by atoms with Gasteiger partial charge in [-0.15, -0.1) is 0 Å². The maximum Gasteiger partial charge on any atom is 0.332 e. The molecule has 21 heavy (non-hydrogen) atoms. The number of nitrogens with two attached hydrogens (primary N) is 1. The minimum Gasteiger partial charge on any atom is -0.368 e. The van der Waals surface area contributed by atoms with Crippen molar-refractivity contribution in [3.63, 3.8) is 0 Å².